The van der Waals surface area contributed by atoms with Crippen LogP contribution in [0.25, 0.3) is 53.9 Å². The molecule has 0 saturated heterocycles. The molecule has 810 valence electrons. The maximum atomic E-state index is 2.41. The third-order valence-electron chi connectivity index (χ3n) is 35.1. The number of rotatable bonds is 110. The molecule has 0 fully saturated rings. The molecule has 0 radical (unpaired) electrons. The van der Waals surface area contributed by atoms with Gasteiger partial charge in [-0.3, -0.25) is 0 Å². The van der Waals surface area contributed by atoms with Gasteiger partial charge in [-0.25, -0.2) is 0 Å². The fourth-order valence-electron chi connectivity index (χ4n) is 26.5. The molecule has 0 heteroatoms. The van der Waals surface area contributed by atoms with Crippen LogP contribution >= 0.6 is 0 Å². The van der Waals surface area contributed by atoms with Gasteiger partial charge in [-0.1, -0.05) is 647 Å². The highest BCUT2D eigenvalue weighted by molar-refractivity contribution is 6.47. The summed E-state index contributed by atoms with van der Waals surface area (Å²) in [4.78, 5) is 0. The zero-order valence-electron chi connectivity index (χ0n) is 97.8. The van der Waals surface area contributed by atoms with Crippen molar-refractivity contribution in [3.8, 4) is 0 Å². The van der Waals surface area contributed by atoms with Crippen molar-refractivity contribution < 1.29 is 0 Å². The Morgan fingerprint density at radius 3 is 0.186 bits per heavy atom. The summed E-state index contributed by atoms with van der Waals surface area (Å²) in [5.41, 5.74) is 19.7. The maximum Gasteiger partial charge on any atom is -0.000770 e. The summed E-state index contributed by atoms with van der Waals surface area (Å²) in [6.07, 6.45) is 155. The van der Waals surface area contributed by atoms with Crippen molar-refractivity contribution in [1.82, 2.24) is 0 Å². The van der Waals surface area contributed by atoms with Gasteiger partial charge in [0.25, 0.3) is 0 Å². The predicted octanol–water partition coefficient (Wildman–Crippen LogP) is 50.4. The van der Waals surface area contributed by atoms with Gasteiger partial charge in [0.05, 0.1) is 0 Å². The lowest BCUT2D eigenvalue weighted by Gasteiger charge is -2.27. The van der Waals surface area contributed by atoms with E-state index in [1.807, 2.05) is 109 Å². The minimum absolute atomic E-state index is 1.31. The van der Waals surface area contributed by atoms with Crippen LogP contribution in [0.5, 0.6) is 0 Å². The van der Waals surface area contributed by atoms with Crippen molar-refractivity contribution in [3.63, 3.8) is 0 Å². The minimum Gasteiger partial charge on any atom is -0.0654 e. The molecule has 0 nitrogen and oxygen atoms in total. The lowest BCUT2D eigenvalue weighted by Crippen LogP contribution is -2.09. The Hall–Kier alpha value is -2.60. The first-order chi connectivity index (χ1) is 69.5. The van der Waals surface area contributed by atoms with Gasteiger partial charge in [0.15, 0.2) is 0 Å². The Balaban J connectivity index is 1.90. The highest BCUT2D eigenvalue weighted by Crippen LogP contribution is 2.59. The smallest absolute Gasteiger partial charge is 0.000770 e. The largest absolute Gasteiger partial charge is 0.0654 e. The van der Waals surface area contributed by atoms with E-state index >= 15 is 0 Å². The van der Waals surface area contributed by atoms with E-state index in [4.69, 9.17) is 0 Å². The molecule has 6 aromatic rings. The lowest BCUT2D eigenvalue weighted by molar-refractivity contribution is 0.552. The molecule has 0 aliphatic carbocycles. The second kappa shape index (κ2) is 89.2. The van der Waals surface area contributed by atoms with E-state index in [0.717, 1.165) is 0 Å². The van der Waals surface area contributed by atoms with Crippen molar-refractivity contribution >= 4 is 53.9 Å². The Morgan fingerprint density at radius 2 is 0.121 bits per heavy atom. The van der Waals surface area contributed by atoms with Crippen LogP contribution in [0.15, 0.2) is 0 Å². The topological polar surface area (TPSA) is 0 Å². The summed E-state index contributed by atoms with van der Waals surface area (Å²) in [6.45, 7) is 24.1. The van der Waals surface area contributed by atoms with Crippen LogP contribution in [0.1, 0.15) is 767 Å². The molecule has 0 N–H and O–H groups in total. The Morgan fingerprint density at radius 1 is 0.0643 bits per heavy atom. The molecule has 0 bridgehead atoms. The van der Waals surface area contributed by atoms with E-state index < -0.39 is 0 Å². The van der Waals surface area contributed by atoms with Gasteiger partial charge in [0.1, 0.15) is 0 Å². The van der Waals surface area contributed by atoms with E-state index in [9.17, 15) is 0 Å². The number of benzene rings is 5. The molecule has 0 unspecified atom stereocenters. The predicted molar refractivity (Wildman–Crippen MR) is 643 cm³/mol. The summed E-state index contributed by atoms with van der Waals surface area (Å²) in [6, 6.07) is 0. The zero-order valence-corrected chi connectivity index (χ0v) is 97.8. The summed E-state index contributed by atoms with van der Waals surface area (Å²) in [5, 5.41) is 19.2. The van der Waals surface area contributed by atoms with Crippen LogP contribution in [0.2, 0.25) is 0 Å². The van der Waals surface area contributed by atoms with Gasteiger partial charge in [-0.05, 0) is 238 Å². The van der Waals surface area contributed by atoms with Gasteiger partial charge in [0.2, 0.25) is 0 Å². The molecule has 0 heterocycles. The third kappa shape index (κ3) is 51.7. The van der Waals surface area contributed by atoms with E-state index in [-0.39, 0.29) is 0 Å². The summed E-state index contributed by atoms with van der Waals surface area (Å²) < 4.78 is 0. The molecular formula is C140H250. The average molecular weight is 1930 g/mol. The Kier molecular flexibility index (Phi) is 80.4. The molecule has 6 aromatic carbocycles. The Bertz CT molecular complexity index is 2910. The lowest BCUT2D eigenvalue weighted by atomic mass is 9.77. The Labute approximate surface area is 879 Å². The number of hydrogen-bond donors (Lipinski definition) is 0. The molecular weight excluding hydrogens is 1680 g/mol. The van der Waals surface area contributed by atoms with Crippen molar-refractivity contribution in [3.05, 3.63) is 55.6 Å². The molecule has 0 saturated carbocycles. The minimum atomic E-state index is 1.31. The highest BCUT2D eigenvalue weighted by atomic mass is 14.4. The van der Waals surface area contributed by atoms with Crippen molar-refractivity contribution in [2.45, 2.75) is 776 Å². The van der Waals surface area contributed by atoms with Crippen LogP contribution in [-0.2, 0) is 64.2 Å². The van der Waals surface area contributed by atoms with Crippen molar-refractivity contribution in [2.24, 2.45) is 0 Å². The first-order valence-corrected chi connectivity index (χ1v) is 66.9. The zero-order chi connectivity index (χ0) is 99.3. The molecule has 0 amide bonds. The fourth-order valence-corrected chi connectivity index (χ4v) is 26.5. The first-order valence-electron chi connectivity index (χ1n) is 66.9. The van der Waals surface area contributed by atoms with Gasteiger partial charge in [-0.2, -0.15) is 0 Å². The standard InChI is InChI=1S/C140H250/c1-11-21-31-41-51-61-71-81-91-101-111-121-122(112-102-92-82-72-62-52-42-32-22-12-2)132-125(115-105-95-85-75-65-55-45-35-25-15-5)126(116-106-96-86-76-66-56-46-36-26-16-6)134-129(119-109-99-89-79-69-59-49-39-29-19-9)130(120-110-100-90-80-70-60-50-40-30-20-10)135-128(118-108-98-88-78-68-58-48-38-28-18-8)127(117-107-97-87-77-67-57-47-37-27-17-7)133-124(114-104-94-84-74-64-54-44-34-24-14-4)123(113-103-93-83-73-63-53-43-33-23-13-3)131(121)136-137(132)139(134)140(135)138(133)136/h11-120H2,1-10H3. The molecule has 6 rings (SSSR count). The van der Waals surface area contributed by atoms with Crippen LogP contribution < -0.4 is 0 Å². The second-order valence-electron chi connectivity index (χ2n) is 47.9. The molecule has 0 aliphatic heterocycles. The van der Waals surface area contributed by atoms with Gasteiger partial charge in [-0.15, -0.1) is 0 Å². The SMILES string of the molecule is CCCCCCCCCCCCc1c(CCCCCCCCCCCC)c2c(CCCCCCCCCCCC)c(CCCCCCCCCCCC)c3c(CCCCCCCCCCCC)c(CCCCCCCCCCCC)c4c(CCCCCCCCCCCC)c(CCCCCCCCCCCC)c5c(CCCCCCCCCCCC)c(CCCCCCCCCCCC)c1c1c2c3c4c51. The van der Waals surface area contributed by atoms with Crippen molar-refractivity contribution in [2.75, 3.05) is 0 Å². The quantitative estimate of drug-likeness (QED) is 0.0264. The number of aryl methyl sites for hydroxylation is 10. The molecule has 0 atom stereocenters. The van der Waals surface area contributed by atoms with Crippen LogP contribution in [0.4, 0.5) is 0 Å². The van der Waals surface area contributed by atoms with E-state index in [1.54, 1.807) is 0 Å². The molecule has 0 aromatic heterocycles. The van der Waals surface area contributed by atoms with Gasteiger partial charge >= 0.3 is 0 Å². The summed E-state index contributed by atoms with van der Waals surface area (Å²) >= 11 is 0. The highest BCUT2D eigenvalue weighted by Gasteiger charge is 2.36. The summed E-state index contributed by atoms with van der Waals surface area (Å²) in [5.74, 6) is 0. The van der Waals surface area contributed by atoms with E-state index in [2.05, 4.69) is 69.2 Å². The van der Waals surface area contributed by atoms with Crippen LogP contribution in [-0.4, -0.2) is 0 Å². The summed E-state index contributed by atoms with van der Waals surface area (Å²) in [7, 11) is 0. The van der Waals surface area contributed by atoms with E-state index in [1.165, 1.54) is 706 Å². The number of hydrogen-bond acceptors (Lipinski definition) is 0. The molecule has 140 heavy (non-hydrogen) atoms. The molecule has 0 aliphatic rings. The van der Waals surface area contributed by atoms with Crippen LogP contribution in [0, 0.1) is 0 Å². The monoisotopic (exact) mass is 1930 g/mol. The maximum absolute atomic E-state index is 2.41. The second-order valence-corrected chi connectivity index (χ2v) is 47.9. The van der Waals surface area contributed by atoms with Gasteiger partial charge in [0, 0.05) is 0 Å². The molecule has 0 spiro atoms. The van der Waals surface area contributed by atoms with Crippen LogP contribution in [0.3, 0.4) is 0 Å². The average Bonchev–Trinajstić information content (AvgIpc) is 1.49. The first kappa shape index (κ1) is 126. The van der Waals surface area contributed by atoms with E-state index in [0.29, 0.717) is 0 Å². The van der Waals surface area contributed by atoms with Crippen molar-refractivity contribution in [1.29, 1.82) is 0 Å². The third-order valence-corrected chi connectivity index (χ3v) is 35.1. The normalized spacial score (nSPS) is 12.2. The van der Waals surface area contributed by atoms with Gasteiger partial charge < -0.3 is 0 Å². The number of unbranched alkanes of at least 4 members (excludes halogenated alkanes) is 90. The fraction of sp³-hybridized carbons (Fsp3) is 0.857.